The SMILES string of the molecule is CNC(=O)NC(=O)C(C)N(C)C(C)CO. The minimum absolute atomic E-state index is 0.0336. The van der Waals surface area contributed by atoms with Gasteiger partial charge in [0.2, 0.25) is 5.91 Å². The first kappa shape index (κ1) is 13.9. The summed E-state index contributed by atoms with van der Waals surface area (Å²) >= 11 is 0. The Morgan fingerprint density at radius 3 is 2.33 bits per heavy atom. The second-order valence-corrected chi connectivity index (χ2v) is 3.44. The number of rotatable bonds is 4. The lowest BCUT2D eigenvalue weighted by Gasteiger charge is -2.28. The van der Waals surface area contributed by atoms with E-state index < -0.39 is 18.0 Å². The first-order valence-electron chi connectivity index (χ1n) is 4.79. The second kappa shape index (κ2) is 6.36. The van der Waals surface area contributed by atoms with Crippen molar-refractivity contribution in [3.05, 3.63) is 0 Å². The molecule has 0 bridgehead atoms. The van der Waals surface area contributed by atoms with Crippen LogP contribution in [0, 0.1) is 0 Å². The van der Waals surface area contributed by atoms with Crippen LogP contribution in [0.3, 0.4) is 0 Å². The molecule has 0 aliphatic rings. The summed E-state index contributed by atoms with van der Waals surface area (Å²) in [6.07, 6.45) is 0. The van der Waals surface area contributed by atoms with Crippen molar-refractivity contribution in [2.45, 2.75) is 25.9 Å². The van der Waals surface area contributed by atoms with Crippen LogP contribution in [0.5, 0.6) is 0 Å². The zero-order valence-electron chi connectivity index (χ0n) is 9.57. The molecule has 0 radical (unpaired) electrons. The van der Waals surface area contributed by atoms with Gasteiger partial charge in [0.25, 0.3) is 0 Å². The molecule has 0 spiro atoms. The maximum absolute atomic E-state index is 11.5. The van der Waals surface area contributed by atoms with Crippen molar-refractivity contribution in [2.75, 3.05) is 20.7 Å². The molecule has 0 aromatic rings. The van der Waals surface area contributed by atoms with E-state index in [2.05, 4.69) is 10.6 Å². The Balaban J connectivity index is 4.25. The molecule has 6 heteroatoms. The number of nitrogens with one attached hydrogen (secondary N) is 2. The normalized spacial score (nSPS) is 14.5. The van der Waals surface area contributed by atoms with Crippen molar-refractivity contribution in [1.29, 1.82) is 0 Å². The van der Waals surface area contributed by atoms with E-state index in [1.807, 2.05) is 0 Å². The van der Waals surface area contributed by atoms with E-state index >= 15 is 0 Å². The molecule has 0 aromatic carbocycles. The molecule has 2 unspecified atom stereocenters. The Morgan fingerprint density at radius 1 is 1.40 bits per heavy atom. The number of imide groups is 1. The van der Waals surface area contributed by atoms with Crippen LogP contribution in [0.25, 0.3) is 0 Å². The number of carbonyl (C=O) groups is 2. The van der Waals surface area contributed by atoms with Gasteiger partial charge in [0, 0.05) is 13.1 Å². The highest BCUT2D eigenvalue weighted by atomic mass is 16.3. The quantitative estimate of drug-likeness (QED) is 0.572. The van der Waals surface area contributed by atoms with E-state index in [0.29, 0.717) is 0 Å². The van der Waals surface area contributed by atoms with E-state index in [0.717, 1.165) is 0 Å². The van der Waals surface area contributed by atoms with Crippen LogP contribution in [0.2, 0.25) is 0 Å². The van der Waals surface area contributed by atoms with Gasteiger partial charge < -0.3 is 10.4 Å². The zero-order valence-corrected chi connectivity index (χ0v) is 9.57. The number of nitrogens with zero attached hydrogens (tertiary/aromatic N) is 1. The van der Waals surface area contributed by atoms with Gasteiger partial charge >= 0.3 is 6.03 Å². The average molecular weight is 217 g/mol. The minimum Gasteiger partial charge on any atom is -0.395 e. The number of urea groups is 1. The average Bonchev–Trinajstić information content (AvgIpc) is 2.25. The molecule has 6 nitrogen and oxygen atoms in total. The highest BCUT2D eigenvalue weighted by Crippen LogP contribution is 2.01. The predicted octanol–water partition coefficient (Wildman–Crippen LogP) is -0.857. The molecule has 0 saturated carbocycles. The van der Waals surface area contributed by atoms with Crippen LogP contribution in [0.4, 0.5) is 4.79 Å². The molecule has 0 rings (SSSR count). The maximum Gasteiger partial charge on any atom is 0.321 e. The zero-order chi connectivity index (χ0) is 12.0. The third kappa shape index (κ3) is 4.26. The summed E-state index contributed by atoms with van der Waals surface area (Å²) in [5.74, 6) is -0.392. The molecule has 88 valence electrons. The number of aliphatic hydroxyl groups is 1. The summed E-state index contributed by atoms with van der Waals surface area (Å²) in [5, 5.41) is 13.4. The van der Waals surface area contributed by atoms with Gasteiger partial charge in [-0.3, -0.25) is 15.0 Å². The summed E-state index contributed by atoms with van der Waals surface area (Å²) in [5.41, 5.74) is 0. The van der Waals surface area contributed by atoms with Crippen LogP contribution in [0.1, 0.15) is 13.8 Å². The first-order chi connectivity index (χ1) is 6.93. The van der Waals surface area contributed by atoms with Gasteiger partial charge in [-0.2, -0.15) is 0 Å². The summed E-state index contributed by atoms with van der Waals surface area (Å²) in [7, 11) is 3.16. The summed E-state index contributed by atoms with van der Waals surface area (Å²) < 4.78 is 0. The van der Waals surface area contributed by atoms with Crippen LogP contribution >= 0.6 is 0 Å². The topological polar surface area (TPSA) is 81.7 Å². The molecular formula is C9H19N3O3. The molecule has 0 heterocycles. The van der Waals surface area contributed by atoms with Crippen LogP contribution in [-0.2, 0) is 4.79 Å². The number of hydrogen-bond donors (Lipinski definition) is 3. The van der Waals surface area contributed by atoms with Crippen molar-refractivity contribution in [3.63, 3.8) is 0 Å². The Labute approximate surface area is 89.6 Å². The molecule has 3 amide bonds. The molecule has 3 N–H and O–H groups in total. The number of aliphatic hydroxyl groups excluding tert-OH is 1. The minimum atomic E-state index is -0.531. The largest absolute Gasteiger partial charge is 0.395 e. The van der Waals surface area contributed by atoms with Gasteiger partial charge in [0.1, 0.15) is 0 Å². The summed E-state index contributed by atoms with van der Waals surface area (Å²) in [4.78, 5) is 24.0. The fourth-order valence-electron chi connectivity index (χ4n) is 0.974. The van der Waals surface area contributed by atoms with Crippen LogP contribution in [0.15, 0.2) is 0 Å². The van der Waals surface area contributed by atoms with Crippen molar-refractivity contribution in [3.8, 4) is 0 Å². The van der Waals surface area contributed by atoms with Gasteiger partial charge in [-0.15, -0.1) is 0 Å². The fourth-order valence-corrected chi connectivity index (χ4v) is 0.974. The molecule has 0 fully saturated rings. The van der Waals surface area contributed by atoms with E-state index in [1.165, 1.54) is 7.05 Å². The fraction of sp³-hybridized carbons (Fsp3) is 0.778. The lowest BCUT2D eigenvalue weighted by atomic mass is 10.2. The maximum atomic E-state index is 11.5. The smallest absolute Gasteiger partial charge is 0.321 e. The van der Waals surface area contributed by atoms with Crippen molar-refractivity contribution in [2.24, 2.45) is 0 Å². The summed E-state index contributed by atoms with van der Waals surface area (Å²) in [6, 6.07) is -1.13. The Bertz CT molecular complexity index is 233. The van der Waals surface area contributed by atoms with Crippen molar-refractivity contribution >= 4 is 11.9 Å². The molecule has 0 aliphatic heterocycles. The van der Waals surface area contributed by atoms with E-state index in [4.69, 9.17) is 5.11 Å². The molecule has 0 aliphatic carbocycles. The van der Waals surface area contributed by atoms with E-state index in [9.17, 15) is 9.59 Å². The van der Waals surface area contributed by atoms with Gasteiger partial charge in [-0.25, -0.2) is 4.79 Å². The lowest BCUT2D eigenvalue weighted by molar-refractivity contribution is -0.125. The number of hydrogen-bond acceptors (Lipinski definition) is 4. The highest BCUT2D eigenvalue weighted by molar-refractivity contribution is 5.96. The monoisotopic (exact) mass is 217 g/mol. The number of carbonyl (C=O) groups excluding carboxylic acids is 2. The Morgan fingerprint density at radius 2 is 1.93 bits per heavy atom. The standard InChI is InChI=1S/C9H19N3O3/c1-6(5-13)12(4)7(2)8(14)11-9(15)10-3/h6-7,13H,5H2,1-4H3,(H2,10,11,14,15). The predicted molar refractivity (Wildman–Crippen MR) is 56.4 cm³/mol. The lowest BCUT2D eigenvalue weighted by Crippen LogP contribution is -2.50. The summed E-state index contributed by atoms with van der Waals surface area (Å²) in [6.45, 7) is 3.43. The van der Waals surface area contributed by atoms with Crippen LogP contribution in [-0.4, -0.2) is 54.7 Å². The highest BCUT2D eigenvalue weighted by Gasteiger charge is 2.22. The Hall–Kier alpha value is -1.14. The molecular weight excluding hydrogens is 198 g/mol. The molecule has 0 aromatic heterocycles. The number of amides is 3. The van der Waals surface area contributed by atoms with Gasteiger partial charge in [0.05, 0.1) is 12.6 Å². The van der Waals surface area contributed by atoms with Gasteiger partial charge in [-0.1, -0.05) is 0 Å². The van der Waals surface area contributed by atoms with E-state index in [1.54, 1.807) is 25.8 Å². The third-order valence-electron chi connectivity index (χ3n) is 2.41. The van der Waals surface area contributed by atoms with Gasteiger partial charge in [-0.05, 0) is 20.9 Å². The molecule has 2 atom stereocenters. The molecule has 15 heavy (non-hydrogen) atoms. The number of likely N-dealkylation sites (N-methyl/N-ethyl adjacent to an activating group) is 1. The van der Waals surface area contributed by atoms with Crippen molar-refractivity contribution in [1.82, 2.24) is 15.5 Å². The third-order valence-corrected chi connectivity index (χ3v) is 2.41. The van der Waals surface area contributed by atoms with Crippen molar-refractivity contribution < 1.29 is 14.7 Å². The second-order valence-electron chi connectivity index (χ2n) is 3.44. The Kier molecular flexibility index (Phi) is 5.88. The van der Waals surface area contributed by atoms with Crippen LogP contribution < -0.4 is 10.6 Å². The van der Waals surface area contributed by atoms with Gasteiger partial charge in [0.15, 0.2) is 0 Å². The first-order valence-corrected chi connectivity index (χ1v) is 4.79. The van der Waals surface area contributed by atoms with E-state index in [-0.39, 0.29) is 12.6 Å². The molecule has 0 saturated heterocycles.